The molecule has 0 saturated carbocycles. The van der Waals surface area contributed by atoms with Gasteiger partial charge in [-0.2, -0.15) is 4.98 Å². The van der Waals surface area contributed by atoms with Gasteiger partial charge in [-0.15, -0.1) is 11.8 Å². The molecule has 0 spiro atoms. The van der Waals surface area contributed by atoms with E-state index in [1.807, 2.05) is 54.8 Å². The van der Waals surface area contributed by atoms with Crippen molar-refractivity contribution in [3.05, 3.63) is 69.4 Å². The topological polar surface area (TPSA) is 87.0 Å². The predicted octanol–water partition coefficient (Wildman–Crippen LogP) is 4.09. The zero-order valence-corrected chi connectivity index (χ0v) is 16.5. The molecule has 2 aromatic carbocycles. The summed E-state index contributed by atoms with van der Waals surface area (Å²) in [5.41, 5.74) is 1.59. The van der Waals surface area contributed by atoms with Gasteiger partial charge in [0.25, 0.3) is 0 Å². The van der Waals surface area contributed by atoms with Gasteiger partial charge in [0.15, 0.2) is 5.82 Å². The van der Waals surface area contributed by atoms with Crippen LogP contribution in [0.5, 0.6) is 0 Å². The fourth-order valence-electron chi connectivity index (χ4n) is 2.53. The second-order valence-corrected chi connectivity index (χ2v) is 7.40. The molecule has 27 heavy (non-hydrogen) atoms. The van der Waals surface area contributed by atoms with Crippen LogP contribution < -0.4 is 5.76 Å². The van der Waals surface area contributed by atoms with Gasteiger partial charge in [0.05, 0.1) is 0 Å². The van der Waals surface area contributed by atoms with Gasteiger partial charge in [-0.25, -0.2) is 9.36 Å². The van der Waals surface area contributed by atoms with E-state index >= 15 is 0 Å². The maximum Gasteiger partial charge on any atom is 0.442 e. The Hall–Kier alpha value is -2.65. The molecule has 0 saturated heterocycles. The highest BCUT2D eigenvalue weighted by atomic mass is 79.9. The number of rotatable bonds is 5. The molecule has 0 aliphatic carbocycles. The second kappa shape index (κ2) is 7.53. The van der Waals surface area contributed by atoms with Crippen LogP contribution in [0.15, 0.2) is 71.7 Å². The van der Waals surface area contributed by atoms with E-state index in [4.69, 9.17) is 9.05 Å². The van der Waals surface area contributed by atoms with E-state index in [0.717, 1.165) is 20.5 Å². The third kappa shape index (κ3) is 3.74. The molecule has 4 rings (SSSR count). The van der Waals surface area contributed by atoms with Crippen LogP contribution in [-0.4, -0.2) is 26.1 Å². The van der Waals surface area contributed by atoms with Crippen LogP contribution in [0.3, 0.4) is 0 Å². The summed E-state index contributed by atoms with van der Waals surface area (Å²) in [6.45, 7) is 0.0730. The van der Waals surface area contributed by atoms with Gasteiger partial charge in [-0.3, -0.25) is 4.52 Å². The van der Waals surface area contributed by atoms with Gasteiger partial charge in [-0.05, 0) is 42.7 Å². The van der Waals surface area contributed by atoms with E-state index in [1.165, 1.54) is 4.57 Å². The van der Waals surface area contributed by atoms with Gasteiger partial charge in [0.2, 0.25) is 11.7 Å². The minimum absolute atomic E-state index is 0.0730. The smallest absolute Gasteiger partial charge is 0.337 e. The highest BCUT2D eigenvalue weighted by Crippen LogP contribution is 2.22. The van der Waals surface area contributed by atoms with Gasteiger partial charge in [0.1, 0.15) is 6.54 Å². The zero-order valence-electron chi connectivity index (χ0n) is 14.1. The summed E-state index contributed by atoms with van der Waals surface area (Å²) in [4.78, 5) is 17.6. The van der Waals surface area contributed by atoms with Crippen molar-refractivity contribution >= 4 is 27.7 Å². The summed E-state index contributed by atoms with van der Waals surface area (Å²) in [7, 11) is 0. The number of halogens is 1. The van der Waals surface area contributed by atoms with E-state index in [9.17, 15) is 4.79 Å². The number of hydrogen-bond donors (Lipinski definition) is 0. The molecule has 136 valence electrons. The van der Waals surface area contributed by atoms with E-state index in [1.54, 1.807) is 11.8 Å². The number of aromatic nitrogens is 4. The maximum atomic E-state index is 12.1. The molecular weight excluding hydrogens is 432 g/mol. The van der Waals surface area contributed by atoms with Crippen LogP contribution in [0, 0.1) is 0 Å². The molecule has 2 heterocycles. The predicted molar refractivity (Wildman–Crippen MR) is 105 cm³/mol. The Labute approximate surface area is 166 Å². The van der Waals surface area contributed by atoms with Gasteiger partial charge >= 0.3 is 5.76 Å². The van der Waals surface area contributed by atoms with Crippen LogP contribution in [0.2, 0.25) is 0 Å². The highest BCUT2D eigenvalue weighted by Gasteiger charge is 2.17. The standard InChI is InChI=1S/C18H13BrN4O3S/c1-27-14-8-4-11(5-9-14)16-20-15(25-21-16)10-23-17(22-26-18(23)24)12-2-6-13(19)7-3-12/h2-9H,10H2,1H3. The average Bonchev–Trinajstić information content (AvgIpc) is 3.31. The van der Waals surface area contributed by atoms with E-state index in [0.29, 0.717) is 17.5 Å². The van der Waals surface area contributed by atoms with Crippen molar-refractivity contribution in [2.24, 2.45) is 0 Å². The van der Waals surface area contributed by atoms with Gasteiger partial charge in [-0.1, -0.05) is 38.4 Å². The Morgan fingerprint density at radius 1 is 1.00 bits per heavy atom. The lowest BCUT2D eigenvalue weighted by Gasteiger charge is -2.01. The first-order chi connectivity index (χ1) is 13.1. The van der Waals surface area contributed by atoms with Crippen LogP contribution in [0.4, 0.5) is 0 Å². The van der Waals surface area contributed by atoms with Gasteiger partial charge < -0.3 is 4.52 Å². The first kappa shape index (κ1) is 17.7. The van der Waals surface area contributed by atoms with Crippen molar-refractivity contribution in [2.45, 2.75) is 11.4 Å². The quantitative estimate of drug-likeness (QED) is 0.428. The largest absolute Gasteiger partial charge is 0.442 e. The molecule has 0 atom stereocenters. The molecule has 0 aliphatic rings. The van der Waals surface area contributed by atoms with E-state index < -0.39 is 5.76 Å². The van der Waals surface area contributed by atoms with Crippen molar-refractivity contribution in [1.29, 1.82) is 0 Å². The van der Waals surface area contributed by atoms with Crippen molar-refractivity contribution in [3.8, 4) is 22.8 Å². The Morgan fingerprint density at radius 3 is 2.41 bits per heavy atom. The van der Waals surface area contributed by atoms with Crippen LogP contribution >= 0.6 is 27.7 Å². The first-order valence-electron chi connectivity index (χ1n) is 7.93. The minimum Gasteiger partial charge on any atom is -0.337 e. The lowest BCUT2D eigenvalue weighted by Crippen LogP contribution is -2.16. The monoisotopic (exact) mass is 444 g/mol. The molecule has 0 fully saturated rings. The third-order valence-electron chi connectivity index (χ3n) is 3.90. The molecule has 2 aromatic heterocycles. The van der Waals surface area contributed by atoms with Crippen molar-refractivity contribution in [3.63, 3.8) is 0 Å². The summed E-state index contributed by atoms with van der Waals surface area (Å²) >= 11 is 5.04. The molecule has 0 unspecified atom stereocenters. The van der Waals surface area contributed by atoms with Crippen LogP contribution in [0.25, 0.3) is 22.8 Å². The van der Waals surface area contributed by atoms with E-state index in [-0.39, 0.29) is 6.54 Å². The Bertz CT molecular complexity index is 1120. The summed E-state index contributed by atoms with van der Waals surface area (Å²) < 4.78 is 12.4. The van der Waals surface area contributed by atoms with E-state index in [2.05, 4.69) is 31.2 Å². The van der Waals surface area contributed by atoms with Crippen LogP contribution in [0.1, 0.15) is 5.89 Å². The minimum atomic E-state index is -0.586. The number of benzene rings is 2. The molecule has 0 aliphatic heterocycles. The molecular formula is C18H13BrN4O3S. The van der Waals surface area contributed by atoms with Crippen LogP contribution in [-0.2, 0) is 6.54 Å². The summed E-state index contributed by atoms with van der Waals surface area (Å²) in [5.74, 6) is 0.573. The Kier molecular flexibility index (Phi) is 4.95. The van der Waals surface area contributed by atoms with Crippen molar-refractivity contribution in [1.82, 2.24) is 19.9 Å². The summed E-state index contributed by atoms with van der Waals surface area (Å²) in [6, 6.07) is 15.2. The normalized spacial score (nSPS) is 11.0. The number of thioether (sulfide) groups is 1. The molecule has 0 N–H and O–H groups in total. The maximum absolute atomic E-state index is 12.1. The van der Waals surface area contributed by atoms with Crippen molar-refractivity contribution in [2.75, 3.05) is 6.26 Å². The molecule has 4 aromatic rings. The second-order valence-electron chi connectivity index (χ2n) is 5.61. The summed E-state index contributed by atoms with van der Waals surface area (Å²) in [6.07, 6.45) is 2.02. The van der Waals surface area contributed by atoms with Gasteiger partial charge in [0, 0.05) is 20.5 Å². The highest BCUT2D eigenvalue weighted by molar-refractivity contribution is 9.10. The Morgan fingerprint density at radius 2 is 1.70 bits per heavy atom. The number of nitrogens with zero attached hydrogens (tertiary/aromatic N) is 4. The SMILES string of the molecule is CSc1ccc(-c2noc(Cn3c(-c4ccc(Br)cc4)noc3=O)n2)cc1. The first-order valence-corrected chi connectivity index (χ1v) is 9.95. The lowest BCUT2D eigenvalue weighted by atomic mass is 10.2. The Balaban J connectivity index is 1.62. The fourth-order valence-corrected chi connectivity index (χ4v) is 3.20. The molecule has 0 amide bonds. The van der Waals surface area contributed by atoms with Crippen molar-refractivity contribution < 1.29 is 9.05 Å². The fraction of sp³-hybridized carbons (Fsp3) is 0.111. The molecule has 0 radical (unpaired) electrons. The average molecular weight is 445 g/mol. The third-order valence-corrected chi connectivity index (χ3v) is 5.17. The lowest BCUT2D eigenvalue weighted by molar-refractivity contribution is 0.354. The zero-order chi connectivity index (χ0) is 18.8. The summed E-state index contributed by atoms with van der Waals surface area (Å²) in [5, 5.41) is 7.86. The molecule has 7 nitrogen and oxygen atoms in total. The molecule has 9 heteroatoms. The number of hydrogen-bond acceptors (Lipinski definition) is 7. The molecule has 0 bridgehead atoms.